The Hall–Kier alpha value is -3.15. The maximum Gasteiger partial charge on any atom is 0.316 e. The average Bonchev–Trinajstić information content (AvgIpc) is 2.64. The molecule has 1 aromatic heterocycles. The van der Waals surface area contributed by atoms with E-state index in [1.54, 1.807) is 30.7 Å². The zero-order valence-electron chi connectivity index (χ0n) is 14.9. The van der Waals surface area contributed by atoms with Crippen molar-refractivity contribution in [2.75, 3.05) is 12.4 Å². The summed E-state index contributed by atoms with van der Waals surface area (Å²) in [5, 5.41) is 2.98. The van der Waals surface area contributed by atoms with Crippen LogP contribution in [0.25, 0.3) is 0 Å². The Labute approximate surface area is 151 Å². The Bertz CT molecular complexity index is 984. The van der Waals surface area contributed by atoms with Gasteiger partial charge in [0.15, 0.2) is 0 Å². The first-order chi connectivity index (χ1) is 12.5. The van der Waals surface area contributed by atoms with E-state index in [1.165, 1.54) is 7.11 Å². The van der Waals surface area contributed by atoms with Gasteiger partial charge in [0, 0.05) is 0 Å². The van der Waals surface area contributed by atoms with E-state index >= 15 is 0 Å². The van der Waals surface area contributed by atoms with Crippen LogP contribution in [-0.4, -0.2) is 16.7 Å². The number of nitrogens with one attached hydrogen (secondary N) is 1. The molecule has 0 fully saturated rings. The third-order valence-electron chi connectivity index (χ3n) is 4.16. The number of hydrogen-bond donors (Lipinski definition) is 1. The van der Waals surface area contributed by atoms with Crippen molar-refractivity contribution in [2.45, 2.75) is 20.4 Å². The molecule has 5 nitrogen and oxygen atoms in total. The van der Waals surface area contributed by atoms with Gasteiger partial charge in [-0.2, -0.15) is 4.98 Å². The maximum absolute atomic E-state index is 14.6. The van der Waals surface area contributed by atoms with Crippen molar-refractivity contribution in [1.29, 1.82) is 0 Å². The van der Waals surface area contributed by atoms with Gasteiger partial charge in [-0.25, -0.2) is 4.39 Å². The van der Waals surface area contributed by atoms with Crippen LogP contribution < -0.4 is 15.6 Å². The summed E-state index contributed by atoms with van der Waals surface area (Å²) in [6.07, 6.45) is 1.58. The fourth-order valence-electron chi connectivity index (χ4n) is 2.66. The number of methoxy groups -OCH3 is 1. The third-order valence-corrected chi connectivity index (χ3v) is 4.16. The Morgan fingerprint density at radius 1 is 1.12 bits per heavy atom. The molecule has 26 heavy (non-hydrogen) atoms. The second-order valence-corrected chi connectivity index (χ2v) is 6.06. The first-order valence-corrected chi connectivity index (χ1v) is 8.21. The molecule has 0 amide bonds. The lowest BCUT2D eigenvalue weighted by molar-refractivity contribution is 0.402. The topological polar surface area (TPSA) is 56.1 Å². The number of aryl methyl sites for hydroxylation is 2. The number of hydrogen-bond acceptors (Lipinski definition) is 4. The molecule has 0 saturated heterocycles. The van der Waals surface area contributed by atoms with Crippen LogP contribution in [0.2, 0.25) is 0 Å². The monoisotopic (exact) mass is 353 g/mol. The highest BCUT2D eigenvalue weighted by atomic mass is 19.1. The Morgan fingerprint density at radius 3 is 2.50 bits per heavy atom. The first-order valence-electron chi connectivity index (χ1n) is 8.21. The molecule has 0 aliphatic heterocycles. The lowest BCUT2D eigenvalue weighted by atomic mass is 10.1. The number of benzene rings is 2. The van der Waals surface area contributed by atoms with E-state index in [2.05, 4.69) is 10.3 Å². The highest BCUT2D eigenvalue weighted by Crippen LogP contribution is 2.25. The average molecular weight is 353 g/mol. The summed E-state index contributed by atoms with van der Waals surface area (Å²) in [5.74, 6) is 0.0292. The standard InChI is InChI=1S/C20H20FN3O2/c1-13-9-10-14(2)18(17(13)21)22-20-23-19(25)16(26-3)12-24(20)11-15-7-5-4-6-8-15/h4-10,12H,11H2,1-3H3,(H,22,23,25). The molecule has 1 heterocycles. The van der Waals surface area contributed by atoms with Crippen molar-refractivity contribution in [3.8, 4) is 5.75 Å². The minimum absolute atomic E-state index is 0.132. The van der Waals surface area contributed by atoms with Gasteiger partial charge in [0.1, 0.15) is 5.82 Å². The molecular formula is C20H20FN3O2. The number of halogens is 1. The van der Waals surface area contributed by atoms with Crippen molar-refractivity contribution in [3.63, 3.8) is 0 Å². The summed E-state index contributed by atoms with van der Waals surface area (Å²) < 4.78 is 21.4. The molecular weight excluding hydrogens is 333 g/mol. The SMILES string of the molecule is COc1cn(Cc2ccccc2)c(Nc2c(C)ccc(C)c2F)nc1=O. The normalized spacial score (nSPS) is 10.6. The van der Waals surface area contributed by atoms with Gasteiger partial charge >= 0.3 is 5.56 Å². The number of anilines is 2. The van der Waals surface area contributed by atoms with E-state index < -0.39 is 5.56 Å². The van der Waals surface area contributed by atoms with Crippen LogP contribution in [0.15, 0.2) is 53.5 Å². The van der Waals surface area contributed by atoms with Crippen LogP contribution in [0.1, 0.15) is 16.7 Å². The number of aromatic nitrogens is 2. The van der Waals surface area contributed by atoms with Gasteiger partial charge < -0.3 is 14.6 Å². The highest BCUT2D eigenvalue weighted by molar-refractivity contribution is 5.61. The Kier molecular flexibility index (Phi) is 5.02. The smallest absolute Gasteiger partial charge is 0.316 e. The predicted molar refractivity (Wildman–Crippen MR) is 99.7 cm³/mol. The van der Waals surface area contributed by atoms with E-state index in [0.717, 1.165) is 11.1 Å². The fourth-order valence-corrected chi connectivity index (χ4v) is 2.66. The molecule has 0 bridgehead atoms. The van der Waals surface area contributed by atoms with E-state index in [0.29, 0.717) is 17.8 Å². The van der Waals surface area contributed by atoms with E-state index in [4.69, 9.17) is 4.74 Å². The van der Waals surface area contributed by atoms with Crippen LogP contribution >= 0.6 is 0 Å². The maximum atomic E-state index is 14.6. The molecule has 0 atom stereocenters. The fraction of sp³-hybridized carbons (Fsp3) is 0.200. The molecule has 134 valence electrons. The summed E-state index contributed by atoms with van der Waals surface area (Å²) in [7, 11) is 1.42. The Balaban J connectivity index is 2.07. The number of nitrogens with zero attached hydrogens (tertiary/aromatic N) is 2. The lowest BCUT2D eigenvalue weighted by Gasteiger charge is -2.17. The van der Waals surface area contributed by atoms with Crippen molar-refractivity contribution in [3.05, 3.63) is 81.5 Å². The first kappa shape index (κ1) is 17.7. The van der Waals surface area contributed by atoms with Gasteiger partial charge in [-0.15, -0.1) is 0 Å². The van der Waals surface area contributed by atoms with Crippen LogP contribution in [0.3, 0.4) is 0 Å². The third kappa shape index (κ3) is 3.59. The minimum Gasteiger partial charge on any atom is -0.490 e. The molecule has 6 heteroatoms. The van der Waals surface area contributed by atoms with Gasteiger partial charge in [0.25, 0.3) is 0 Å². The van der Waals surface area contributed by atoms with Gasteiger partial charge in [0.05, 0.1) is 25.5 Å². The van der Waals surface area contributed by atoms with Crippen molar-refractivity contribution >= 4 is 11.6 Å². The van der Waals surface area contributed by atoms with Gasteiger partial charge in [-0.3, -0.25) is 4.79 Å². The zero-order valence-corrected chi connectivity index (χ0v) is 14.9. The number of ether oxygens (including phenoxy) is 1. The molecule has 3 aromatic rings. The van der Waals surface area contributed by atoms with Gasteiger partial charge in [0.2, 0.25) is 11.7 Å². The molecule has 3 rings (SSSR count). The Morgan fingerprint density at radius 2 is 1.81 bits per heavy atom. The van der Waals surface area contributed by atoms with E-state index in [1.807, 2.05) is 36.4 Å². The van der Waals surface area contributed by atoms with Gasteiger partial charge in [-0.1, -0.05) is 42.5 Å². The number of rotatable bonds is 5. The van der Waals surface area contributed by atoms with Crippen LogP contribution in [0.4, 0.5) is 16.0 Å². The zero-order chi connectivity index (χ0) is 18.7. The van der Waals surface area contributed by atoms with Crippen LogP contribution in [0, 0.1) is 19.7 Å². The quantitative estimate of drug-likeness (QED) is 0.758. The van der Waals surface area contributed by atoms with Crippen LogP contribution in [0.5, 0.6) is 5.75 Å². The molecule has 0 saturated carbocycles. The summed E-state index contributed by atoms with van der Waals surface area (Å²) in [5.41, 5.74) is 2.06. The molecule has 2 aromatic carbocycles. The molecule has 0 spiro atoms. The second-order valence-electron chi connectivity index (χ2n) is 6.06. The van der Waals surface area contributed by atoms with Gasteiger partial charge in [-0.05, 0) is 30.5 Å². The summed E-state index contributed by atoms with van der Waals surface area (Å²) in [6, 6.07) is 13.3. The molecule has 0 aliphatic rings. The molecule has 0 radical (unpaired) electrons. The van der Waals surface area contributed by atoms with Crippen molar-refractivity contribution < 1.29 is 9.13 Å². The van der Waals surface area contributed by atoms with Crippen molar-refractivity contribution in [1.82, 2.24) is 9.55 Å². The van der Waals surface area contributed by atoms with Crippen molar-refractivity contribution in [2.24, 2.45) is 0 Å². The summed E-state index contributed by atoms with van der Waals surface area (Å²) >= 11 is 0. The molecule has 0 aliphatic carbocycles. The summed E-state index contributed by atoms with van der Waals surface area (Å²) in [6.45, 7) is 3.95. The van der Waals surface area contributed by atoms with E-state index in [9.17, 15) is 9.18 Å². The second kappa shape index (κ2) is 7.39. The molecule has 1 N–H and O–H groups in total. The molecule has 0 unspecified atom stereocenters. The lowest BCUT2D eigenvalue weighted by Crippen LogP contribution is -2.19. The van der Waals surface area contributed by atoms with E-state index in [-0.39, 0.29) is 17.5 Å². The highest BCUT2D eigenvalue weighted by Gasteiger charge is 2.14. The summed E-state index contributed by atoms with van der Waals surface area (Å²) in [4.78, 5) is 16.2. The van der Waals surface area contributed by atoms with Crippen LogP contribution in [-0.2, 0) is 6.54 Å². The predicted octanol–water partition coefficient (Wildman–Crippen LogP) is 3.80. The largest absolute Gasteiger partial charge is 0.490 e. The minimum atomic E-state index is -0.509.